The van der Waals surface area contributed by atoms with Crippen LogP contribution in [-0.2, 0) is 24.2 Å². The van der Waals surface area contributed by atoms with Crippen LogP contribution in [0.4, 0.5) is 5.69 Å². The van der Waals surface area contributed by atoms with Crippen LogP contribution in [0.25, 0.3) is 11.1 Å². The quantitative estimate of drug-likeness (QED) is 0.682. The molecule has 1 N–H and O–H groups in total. The molecule has 4 rings (SSSR count). The minimum atomic E-state index is -0.169. The second-order valence-electron chi connectivity index (χ2n) is 6.34. The molecule has 0 aliphatic carbocycles. The zero-order valence-electron chi connectivity index (χ0n) is 13.7. The molecule has 2 aromatic rings. The Labute approximate surface area is 140 Å². The smallest absolute Gasteiger partial charge is 0.362 e. The highest BCUT2D eigenvalue weighted by atomic mass is 16.5. The number of nitrogens with zero attached hydrogens (tertiary/aromatic N) is 3. The van der Waals surface area contributed by atoms with Gasteiger partial charge in [-0.3, -0.25) is 4.90 Å². The van der Waals surface area contributed by atoms with E-state index in [0.717, 1.165) is 53.1 Å². The minimum Gasteiger partial charge on any atom is -0.362 e. The maximum Gasteiger partial charge on any atom is 0.424 e. The number of hydrogen-bond acceptors (Lipinski definition) is 3. The van der Waals surface area contributed by atoms with E-state index in [-0.39, 0.29) is 5.91 Å². The summed E-state index contributed by atoms with van der Waals surface area (Å²) in [6, 6.07) is 12.2. The van der Waals surface area contributed by atoms with E-state index < -0.39 is 0 Å². The van der Waals surface area contributed by atoms with Crippen molar-refractivity contribution in [3.63, 3.8) is 0 Å². The molecule has 2 aliphatic heterocycles. The van der Waals surface area contributed by atoms with Gasteiger partial charge in [-0.15, -0.1) is 0 Å². The van der Waals surface area contributed by atoms with E-state index >= 15 is 0 Å². The van der Waals surface area contributed by atoms with E-state index in [1.54, 1.807) is 0 Å². The van der Waals surface area contributed by atoms with Gasteiger partial charge in [0.2, 0.25) is 5.69 Å². The largest absolute Gasteiger partial charge is 0.424 e. The van der Waals surface area contributed by atoms with Crippen LogP contribution in [0.5, 0.6) is 0 Å². The van der Waals surface area contributed by atoms with Crippen LogP contribution >= 0.6 is 0 Å². The zero-order valence-corrected chi connectivity index (χ0v) is 13.7. The van der Waals surface area contributed by atoms with Crippen LogP contribution in [0.3, 0.4) is 0 Å². The summed E-state index contributed by atoms with van der Waals surface area (Å²) >= 11 is 0. The predicted molar refractivity (Wildman–Crippen MR) is 89.4 cm³/mol. The fraction of sp³-hybridized carbons (Fsp3) is 0.316. The standard InChI is InChI=1S/C19H19N3O2/c1-2-21-9-8-14-16-11-19(23)22(20-24)18(16)10-15(17(14)12-21)13-6-4-3-5-7-13/h3-7,10H,2,8-9,11-12H2,1H3/p+1. The van der Waals surface area contributed by atoms with Crippen LogP contribution in [0, 0.1) is 0 Å². The molecule has 5 nitrogen and oxygen atoms in total. The molecular weight excluding hydrogens is 302 g/mol. The molecule has 0 atom stereocenters. The van der Waals surface area contributed by atoms with Crippen LogP contribution < -0.4 is 0 Å². The van der Waals surface area contributed by atoms with Crippen molar-refractivity contribution in [1.29, 1.82) is 0 Å². The summed E-state index contributed by atoms with van der Waals surface area (Å²) in [4.78, 5) is 14.6. The predicted octanol–water partition coefficient (Wildman–Crippen LogP) is 3.30. The van der Waals surface area contributed by atoms with Crippen molar-refractivity contribution < 1.29 is 14.7 Å². The molecule has 24 heavy (non-hydrogen) atoms. The molecule has 0 saturated carbocycles. The lowest BCUT2D eigenvalue weighted by molar-refractivity contribution is -0.457. The van der Waals surface area contributed by atoms with E-state index in [0.29, 0.717) is 6.42 Å². The lowest BCUT2D eigenvalue weighted by atomic mass is 9.86. The third-order valence-electron chi connectivity index (χ3n) is 5.12. The van der Waals surface area contributed by atoms with Crippen molar-refractivity contribution in [2.75, 3.05) is 13.1 Å². The van der Waals surface area contributed by atoms with Gasteiger partial charge in [0.25, 0.3) is 0 Å². The summed E-state index contributed by atoms with van der Waals surface area (Å²) in [5.41, 5.74) is 6.59. The summed E-state index contributed by atoms with van der Waals surface area (Å²) in [6.07, 6.45) is 1.25. The van der Waals surface area contributed by atoms with Crippen LogP contribution in [0.2, 0.25) is 0 Å². The van der Waals surface area contributed by atoms with E-state index in [1.807, 2.05) is 24.3 Å². The normalized spacial score (nSPS) is 18.7. The fourth-order valence-corrected chi connectivity index (χ4v) is 3.86. The molecule has 0 spiro atoms. The fourth-order valence-electron chi connectivity index (χ4n) is 3.86. The van der Waals surface area contributed by atoms with Gasteiger partial charge in [-0.05, 0) is 35.2 Å². The minimum absolute atomic E-state index is 0.169. The number of rotatable bonds is 2. The second-order valence-corrected chi connectivity index (χ2v) is 6.34. The van der Waals surface area contributed by atoms with Crippen molar-refractivity contribution in [1.82, 2.24) is 4.90 Å². The summed E-state index contributed by atoms with van der Waals surface area (Å²) in [5.74, 6) is -0.169. The van der Waals surface area contributed by atoms with Gasteiger partial charge in [-0.1, -0.05) is 37.3 Å². The van der Waals surface area contributed by atoms with Gasteiger partial charge >= 0.3 is 5.91 Å². The summed E-state index contributed by atoms with van der Waals surface area (Å²) in [6.45, 7) is 5.09. The first-order valence-electron chi connectivity index (χ1n) is 8.36. The Morgan fingerprint density at radius 1 is 1.21 bits per heavy atom. The highest BCUT2D eigenvalue weighted by Crippen LogP contribution is 2.41. The number of likely N-dealkylation sites (N-methyl/N-ethyl adjacent to an activating group) is 1. The van der Waals surface area contributed by atoms with Gasteiger partial charge in [0.05, 0.1) is 0 Å². The van der Waals surface area contributed by atoms with E-state index in [4.69, 9.17) is 0 Å². The zero-order chi connectivity index (χ0) is 16.7. The number of carbonyl (C=O) groups is 1. The van der Waals surface area contributed by atoms with Crippen molar-refractivity contribution >= 4 is 11.6 Å². The molecule has 1 amide bonds. The maximum absolute atomic E-state index is 12.2. The number of hydrogen-bond donors (Lipinski definition) is 1. The molecule has 0 bridgehead atoms. The first-order chi connectivity index (χ1) is 11.7. The van der Waals surface area contributed by atoms with Crippen molar-refractivity contribution in [2.45, 2.75) is 26.3 Å². The molecule has 0 aromatic heterocycles. The monoisotopic (exact) mass is 322 g/mol. The Morgan fingerprint density at radius 2 is 2.00 bits per heavy atom. The van der Waals surface area contributed by atoms with Crippen molar-refractivity contribution in [2.24, 2.45) is 5.28 Å². The Kier molecular flexibility index (Phi) is 3.65. The molecule has 2 heterocycles. The van der Waals surface area contributed by atoms with E-state index in [2.05, 4.69) is 29.2 Å². The molecular formula is C19H20N3O2+. The summed E-state index contributed by atoms with van der Waals surface area (Å²) < 4.78 is 1.13. The number of benzene rings is 2. The molecule has 5 heteroatoms. The van der Waals surface area contributed by atoms with E-state index in [1.165, 1.54) is 11.1 Å². The summed E-state index contributed by atoms with van der Waals surface area (Å²) in [7, 11) is 0. The van der Waals surface area contributed by atoms with Crippen molar-refractivity contribution in [3.8, 4) is 11.1 Å². The summed E-state index contributed by atoms with van der Waals surface area (Å²) in [5, 5.41) is 12.4. The third kappa shape index (κ3) is 2.24. The Morgan fingerprint density at radius 3 is 2.71 bits per heavy atom. The average Bonchev–Trinajstić information content (AvgIpc) is 2.96. The Balaban J connectivity index is 1.97. The molecule has 0 unspecified atom stereocenters. The Bertz CT molecular complexity index is 843. The first-order valence-corrected chi connectivity index (χ1v) is 8.36. The molecule has 122 valence electrons. The second kappa shape index (κ2) is 5.83. The topological polar surface area (TPSA) is 55.9 Å². The molecule has 0 radical (unpaired) electrons. The molecule has 0 saturated heterocycles. The van der Waals surface area contributed by atoms with E-state index in [9.17, 15) is 10.0 Å². The van der Waals surface area contributed by atoms with Crippen LogP contribution in [-0.4, -0.2) is 33.8 Å². The lowest BCUT2D eigenvalue weighted by Crippen LogP contribution is -2.31. The van der Waals surface area contributed by atoms with Crippen LogP contribution in [0.15, 0.2) is 41.7 Å². The highest BCUT2D eigenvalue weighted by Gasteiger charge is 2.40. The van der Waals surface area contributed by atoms with Gasteiger partial charge in [0.1, 0.15) is 6.42 Å². The van der Waals surface area contributed by atoms with Gasteiger partial charge in [0, 0.05) is 29.4 Å². The lowest BCUT2D eigenvalue weighted by Gasteiger charge is -2.30. The van der Waals surface area contributed by atoms with Gasteiger partial charge in [-0.2, -0.15) is 0 Å². The SMILES string of the molecule is CCN1CCc2c(c(-c3ccccc3)cc3c2CC(=O)[N+]3=NO)C1. The number of fused-ring (bicyclic) bond motifs is 3. The molecule has 2 aliphatic rings. The molecule has 0 fully saturated rings. The van der Waals surface area contributed by atoms with Gasteiger partial charge in [-0.25, -0.2) is 4.79 Å². The molecule has 2 aromatic carbocycles. The number of carbonyl (C=O) groups excluding carboxylic acids is 1. The number of amides is 1. The first kappa shape index (κ1) is 15.0. The van der Waals surface area contributed by atoms with Crippen molar-refractivity contribution in [3.05, 3.63) is 53.1 Å². The maximum atomic E-state index is 12.2. The third-order valence-corrected chi connectivity index (χ3v) is 5.12. The van der Waals surface area contributed by atoms with Gasteiger partial charge < -0.3 is 5.21 Å². The Hall–Kier alpha value is -2.53. The average molecular weight is 322 g/mol. The van der Waals surface area contributed by atoms with Crippen LogP contribution in [0.1, 0.15) is 23.6 Å². The van der Waals surface area contributed by atoms with Gasteiger partial charge in [0.15, 0.2) is 5.28 Å². The highest BCUT2D eigenvalue weighted by molar-refractivity contribution is 5.84.